The number of fused-ring (bicyclic) bond motifs is 6. The molecule has 0 N–H and O–H groups in total. The van der Waals surface area contributed by atoms with Crippen molar-refractivity contribution in [2.45, 2.75) is 5.92 Å². The lowest BCUT2D eigenvalue weighted by Crippen LogP contribution is -2.22. The van der Waals surface area contributed by atoms with E-state index in [2.05, 4.69) is 15.1 Å². The molecule has 1 aliphatic rings. The molecule has 186 valence electrons. The largest absolute Gasteiger partial charge is 0.497 e. The van der Waals surface area contributed by atoms with Crippen molar-refractivity contribution in [1.29, 1.82) is 0 Å². The molecular formula is C28H19N5O5. The first-order valence-electron chi connectivity index (χ1n) is 11.8. The molecule has 0 spiro atoms. The van der Waals surface area contributed by atoms with Crippen LogP contribution in [-0.4, -0.2) is 38.8 Å². The molecule has 10 nitrogen and oxygen atoms in total. The molecule has 0 amide bonds. The van der Waals surface area contributed by atoms with Crippen molar-refractivity contribution in [2.75, 3.05) is 14.2 Å². The van der Waals surface area contributed by atoms with Gasteiger partial charge >= 0.3 is 5.63 Å². The number of nitrogens with zero attached hydrogens (tertiary/aromatic N) is 5. The van der Waals surface area contributed by atoms with E-state index in [1.165, 1.54) is 0 Å². The summed E-state index contributed by atoms with van der Waals surface area (Å²) < 4.78 is 24.9. The van der Waals surface area contributed by atoms with Gasteiger partial charge < -0.3 is 18.6 Å². The first kappa shape index (κ1) is 22.0. The Morgan fingerprint density at radius 1 is 1.00 bits per heavy atom. The van der Waals surface area contributed by atoms with Gasteiger partial charge in [-0.25, -0.2) is 19.3 Å². The topological polar surface area (TPSA) is 114 Å². The van der Waals surface area contributed by atoms with Crippen molar-refractivity contribution in [3.8, 4) is 34.5 Å². The highest BCUT2D eigenvalue weighted by atomic mass is 16.5. The zero-order valence-electron chi connectivity index (χ0n) is 20.3. The maximum atomic E-state index is 13.6. The molecule has 10 heteroatoms. The van der Waals surface area contributed by atoms with Gasteiger partial charge in [0.15, 0.2) is 17.2 Å². The summed E-state index contributed by atoms with van der Waals surface area (Å²) in [5.74, 6) is 1.58. The third-order valence-corrected chi connectivity index (χ3v) is 6.63. The summed E-state index contributed by atoms with van der Waals surface area (Å²) in [4.78, 5) is 27.2. The maximum Gasteiger partial charge on any atom is 0.344 e. The molecule has 1 aliphatic heterocycles. The van der Waals surface area contributed by atoms with Gasteiger partial charge in [0, 0.05) is 23.5 Å². The molecule has 0 aliphatic carbocycles. The summed E-state index contributed by atoms with van der Waals surface area (Å²) >= 11 is 0. The highest BCUT2D eigenvalue weighted by Crippen LogP contribution is 2.51. The molecule has 1 unspecified atom stereocenters. The van der Waals surface area contributed by atoms with Crippen molar-refractivity contribution in [3.05, 3.63) is 100 Å². The average molecular weight is 505 g/mol. The first-order valence-corrected chi connectivity index (χ1v) is 11.8. The van der Waals surface area contributed by atoms with E-state index in [1.807, 2.05) is 30.3 Å². The zero-order valence-corrected chi connectivity index (χ0v) is 20.3. The molecule has 2 aromatic carbocycles. The fourth-order valence-electron chi connectivity index (χ4n) is 4.92. The summed E-state index contributed by atoms with van der Waals surface area (Å²) in [5, 5.41) is 5.27. The highest BCUT2D eigenvalue weighted by molar-refractivity contribution is 5.87. The van der Waals surface area contributed by atoms with E-state index >= 15 is 0 Å². The number of rotatable bonds is 4. The van der Waals surface area contributed by atoms with Gasteiger partial charge in [-0.15, -0.1) is 5.10 Å². The number of hydrogen-bond acceptors (Lipinski definition) is 9. The first-order chi connectivity index (χ1) is 18.7. The summed E-state index contributed by atoms with van der Waals surface area (Å²) in [7, 11) is 3.16. The molecule has 7 rings (SSSR count). The standard InChI is InChI=1S/C28H19N5O5/c1-35-16-9-10-19(36-2)18(12-16)21-22-24(17-7-3-4-8-20(17)37-28(22)34)38-27-23(21)26-31-25(32-33(26)14-30-27)15-6-5-11-29-13-15/h3-14,21H,1-2H3. The van der Waals surface area contributed by atoms with E-state index in [9.17, 15) is 4.79 Å². The van der Waals surface area contributed by atoms with E-state index in [0.29, 0.717) is 62.3 Å². The van der Waals surface area contributed by atoms with Crippen LogP contribution in [0.3, 0.4) is 0 Å². The second kappa shape index (κ2) is 8.41. The predicted molar refractivity (Wildman–Crippen MR) is 137 cm³/mol. The van der Waals surface area contributed by atoms with Crippen LogP contribution in [0.15, 0.2) is 82.5 Å². The second-order valence-electron chi connectivity index (χ2n) is 8.68. The lowest BCUT2D eigenvalue weighted by molar-refractivity contribution is 0.392. The van der Waals surface area contributed by atoms with Gasteiger partial charge in [0.2, 0.25) is 5.88 Å². The molecule has 0 saturated carbocycles. The third kappa shape index (κ3) is 3.23. The van der Waals surface area contributed by atoms with Crippen LogP contribution in [0.5, 0.6) is 23.1 Å². The molecule has 0 bridgehead atoms. The summed E-state index contributed by atoms with van der Waals surface area (Å²) in [5.41, 5.74) is 2.62. The number of methoxy groups -OCH3 is 2. The molecule has 4 aromatic heterocycles. The molecular weight excluding hydrogens is 486 g/mol. The molecule has 5 heterocycles. The lowest BCUT2D eigenvalue weighted by Gasteiger charge is -2.28. The number of aromatic nitrogens is 5. The van der Waals surface area contributed by atoms with Crippen LogP contribution in [0.25, 0.3) is 28.0 Å². The van der Waals surface area contributed by atoms with Crippen LogP contribution in [-0.2, 0) is 0 Å². The van der Waals surface area contributed by atoms with Gasteiger partial charge in [0.1, 0.15) is 23.4 Å². The number of ether oxygens (including phenoxy) is 3. The van der Waals surface area contributed by atoms with Gasteiger partial charge in [-0.05, 0) is 42.5 Å². The normalized spacial score (nSPS) is 14.1. The molecule has 38 heavy (non-hydrogen) atoms. The Morgan fingerprint density at radius 3 is 2.71 bits per heavy atom. The van der Waals surface area contributed by atoms with Crippen LogP contribution in [0.4, 0.5) is 0 Å². The highest BCUT2D eigenvalue weighted by Gasteiger charge is 2.39. The number of para-hydroxylation sites is 1. The van der Waals surface area contributed by atoms with Crippen molar-refractivity contribution < 1.29 is 18.6 Å². The van der Waals surface area contributed by atoms with Crippen LogP contribution < -0.4 is 19.8 Å². The van der Waals surface area contributed by atoms with E-state index in [0.717, 1.165) is 5.56 Å². The van der Waals surface area contributed by atoms with Crippen LogP contribution in [0, 0.1) is 0 Å². The number of hydrogen-bond donors (Lipinski definition) is 0. The molecule has 0 fully saturated rings. The minimum absolute atomic E-state index is 0.306. The Bertz CT molecular complexity index is 1920. The van der Waals surface area contributed by atoms with Gasteiger partial charge in [-0.3, -0.25) is 4.98 Å². The Labute approximate surface area is 215 Å². The Balaban J connectivity index is 1.59. The van der Waals surface area contributed by atoms with Crippen molar-refractivity contribution >= 4 is 16.6 Å². The summed E-state index contributed by atoms with van der Waals surface area (Å²) in [6.07, 6.45) is 4.91. The quantitative estimate of drug-likeness (QED) is 0.317. The second-order valence-corrected chi connectivity index (χ2v) is 8.68. The number of benzene rings is 2. The lowest BCUT2D eigenvalue weighted by atomic mass is 9.83. The molecule has 0 saturated heterocycles. The van der Waals surface area contributed by atoms with Gasteiger partial charge in [-0.1, -0.05) is 12.1 Å². The van der Waals surface area contributed by atoms with Crippen molar-refractivity contribution in [1.82, 2.24) is 24.6 Å². The SMILES string of the molecule is COc1ccc(OC)c(C2c3c(c4ccccc4oc3=O)Oc3ncn4nc(-c5cccnc5)nc4c32)c1. The smallest absolute Gasteiger partial charge is 0.344 e. The Morgan fingerprint density at radius 2 is 1.89 bits per heavy atom. The monoisotopic (exact) mass is 505 g/mol. The van der Waals surface area contributed by atoms with E-state index in [1.54, 1.807) is 61.7 Å². The minimum Gasteiger partial charge on any atom is -0.497 e. The van der Waals surface area contributed by atoms with Gasteiger partial charge in [0.25, 0.3) is 0 Å². The van der Waals surface area contributed by atoms with Gasteiger partial charge in [-0.2, -0.15) is 0 Å². The summed E-state index contributed by atoms with van der Waals surface area (Å²) in [6.45, 7) is 0. The van der Waals surface area contributed by atoms with Crippen LogP contribution >= 0.6 is 0 Å². The summed E-state index contributed by atoms with van der Waals surface area (Å²) in [6, 6.07) is 16.3. The third-order valence-electron chi connectivity index (χ3n) is 6.63. The minimum atomic E-state index is -0.707. The average Bonchev–Trinajstić information content (AvgIpc) is 3.41. The van der Waals surface area contributed by atoms with E-state index < -0.39 is 11.5 Å². The van der Waals surface area contributed by atoms with Crippen molar-refractivity contribution in [3.63, 3.8) is 0 Å². The Hall–Kier alpha value is -5.25. The molecule has 6 aromatic rings. The zero-order chi connectivity index (χ0) is 25.8. The van der Waals surface area contributed by atoms with E-state index in [4.69, 9.17) is 23.6 Å². The van der Waals surface area contributed by atoms with Crippen LogP contribution in [0.1, 0.15) is 22.6 Å². The fraction of sp³-hybridized carbons (Fsp3) is 0.107. The fourth-order valence-corrected chi connectivity index (χ4v) is 4.92. The van der Waals surface area contributed by atoms with Crippen molar-refractivity contribution in [2.24, 2.45) is 0 Å². The molecule has 1 atom stereocenters. The van der Waals surface area contributed by atoms with E-state index in [-0.39, 0.29) is 0 Å². The molecule has 0 radical (unpaired) electrons. The predicted octanol–water partition coefficient (Wildman–Crippen LogP) is 4.60. The Kier molecular flexibility index (Phi) is 4.87. The van der Waals surface area contributed by atoms with Gasteiger partial charge in [0.05, 0.1) is 36.7 Å². The maximum absolute atomic E-state index is 13.6. The van der Waals surface area contributed by atoms with Crippen LogP contribution in [0.2, 0.25) is 0 Å². The number of pyridine rings is 1.